The topological polar surface area (TPSA) is 203 Å². The number of fused-ring (bicyclic) bond motifs is 4. The van der Waals surface area contributed by atoms with Gasteiger partial charge in [-0.3, -0.25) is 9.59 Å². The smallest absolute Gasteiger partial charge is 0.344 e. The lowest BCUT2D eigenvalue weighted by Gasteiger charge is -2.27. The van der Waals surface area contributed by atoms with E-state index in [1.807, 2.05) is 13.8 Å². The third-order valence-corrected chi connectivity index (χ3v) is 11.2. The zero-order valence-corrected chi connectivity index (χ0v) is 35.4. The SMILES string of the molecule is C=C(C)C(=O)OC1CC2CC(C(=O)OCOC)C1C2.C=C(C)C(=O)OC1CC2CC(C(=O)OCOCC)C1C2.C=C(C)C(=O)OCC(=O)OCC(=O)OC1(C)CCCC1. The van der Waals surface area contributed by atoms with Gasteiger partial charge in [-0.25, -0.2) is 24.0 Å². The first-order valence-corrected chi connectivity index (χ1v) is 20.2. The Hall–Kier alpha value is -4.57. The summed E-state index contributed by atoms with van der Waals surface area (Å²) in [5, 5.41) is 0. The molecule has 0 heterocycles. The predicted molar refractivity (Wildman–Crippen MR) is 208 cm³/mol. The Labute approximate surface area is 346 Å². The van der Waals surface area contributed by atoms with Crippen LogP contribution in [0.1, 0.15) is 98.8 Å². The highest BCUT2D eigenvalue weighted by atomic mass is 16.7. The van der Waals surface area contributed by atoms with Gasteiger partial charge in [0.05, 0.1) is 11.8 Å². The largest absolute Gasteiger partial charge is 0.459 e. The number of carbonyl (C=O) groups excluding carboxylic acids is 7. The zero-order chi connectivity index (χ0) is 43.9. The monoisotopic (exact) mass is 834 g/mol. The summed E-state index contributed by atoms with van der Waals surface area (Å²) in [5.74, 6) is -2.56. The summed E-state index contributed by atoms with van der Waals surface area (Å²) in [7, 11) is 1.48. The van der Waals surface area contributed by atoms with Crippen molar-refractivity contribution < 1.29 is 76.2 Å². The number of rotatable bonds is 17. The van der Waals surface area contributed by atoms with E-state index in [9.17, 15) is 33.6 Å². The molecule has 0 spiro atoms. The summed E-state index contributed by atoms with van der Waals surface area (Å²) >= 11 is 0. The van der Waals surface area contributed by atoms with E-state index in [1.165, 1.54) is 14.0 Å². The van der Waals surface area contributed by atoms with Crippen molar-refractivity contribution in [2.75, 3.05) is 40.5 Å². The van der Waals surface area contributed by atoms with E-state index in [0.717, 1.165) is 64.2 Å². The zero-order valence-electron chi connectivity index (χ0n) is 35.4. The summed E-state index contributed by atoms with van der Waals surface area (Å²) < 4.78 is 45.3. The Morgan fingerprint density at radius 2 is 1.05 bits per heavy atom. The van der Waals surface area contributed by atoms with Crippen molar-refractivity contribution in [1.29, 1.82) is 0 Å². The fourth-order valence-electron chi connectivity index (χ4n) is 8.33. The molecule has 0 aliphatic heterocycles. The van der Waals surface area contributed by atoms with Crippen molar-refractivity contribution >= 4 is 41.8 Å². The van der Waals surface area contributed by atoms with Gasteiger partial charge in [0.15, 0.2) is 26.8 Å². The molecular weight excluding hydrogens is 772 g/mol. The standard InChI is InChI=1S/C15H22O5.C14H20O6.C14H20O5/c1-4-18-8-19-15(17)12-6-10-5-11(12)13(7-10)20-14(16)9(2)3;1-10(2)13(17)19-8-11(15)18-9-12(16)20-14(3)6-4-5-7-14;1-8(2)13(15)19-12-6-9-4-10(12)11(5-9)14(16)18-7-17-3/h10-13H,2,4-8H2,1,3H3;1,4-9H2,2-3H3;9-12H,1,4-7H2,2-3H3. The van der Waals surface area contributed by atoms with E-state index in [4.69, 9.17) is 33.2 Å². The first-order chi connectivity index (χ1) is 27.9. The van der Waals surface area contributed by atoms with Crippen LogP contribution in [0.2, 0.25) is 0 Å². The highest BCUT2D eigenvalue weighted by Gasteiger charge is 2.52. The van der Waals surface area contributed by atoms with Crippen molar-refractivity contribution in [2.45, 2.75) is 117 Å². The van der Waals surface area contributed by atoms with Crippen molar-refractivity contribution in [3.63, 3.8) is 0 Å². The molecule has 0 aromatic carbocycles. The Kier molecular flexibility index (Phi) is 19.3. The number of hydrogen-bond acceptors (Lipinski definition) is 16. The Morgan fingerprint density at radius 3 is 1.47 bits per heavy atom. The second kappa shape index (κ2) is 23.3. The summed E-state index contributed by atoms with van der Waals surface area (Å²) in [6.45, 7) is 18.4. The maximum Gasteiger partial charge on any atom is 0.344 e. The second-order valence-corrected chi connectivity index (χ2v) is 16.2. The average molecular weight is 835 g/mol. The van der Waals surface area contributed by atoms with Crippen LogP contribution in [0.4, 0.5) is 0 Å². The molecular formula is C43H62O16. The molecule has 0 amide bonds. The highest BCUT2D eigenvalue weighted by molar-refractivity contribution is 5.89. The molecule has 5 fully saturated rings. The van der Waals surface area contributed by atoms with Gasteiger partial charge < -0.3 is 42.6 Å². The van der Waals surface area contributed by atoms with E-state index in [2.05, 4.69) is 29.2 Å². The number of hydrogen-bond donors (Lipinski definition) is 0. The van der Waals surface area contributed by atoms with E-state index >= 15 is 0 Å². The third-order valence-electron chi connectivity index (χ3n) is 11.2. The van der Waals surface area contributed by atoms with Gasteiger partial charge in [-0.15, -0.1) is 0 Å². The van der Waals surface area contributed by atoms with Crippen LogP contribution in [-0.4, -0.2) is 100 Å². The van der Waals surface area contributed by atoms with Gasteiger partial charge in [0.2, 0.25) is 0 Å². The quantitative estimate of drug-likeness (QED) is 0.0604. The molecule has 0 radical (unpaired) electrons. The summed E-state index contributed by atoms with van der Waals surface area (Å²) in [5.41, 5.74) is 0.520. The van der Waals surface area contributed by atoms with Gasteiger partial charge in [-0.2, -0.15) is 0 Å². The van der Waals surface area contributed by atoms with Crippen LogP contribution < -0.4 is 0 Å². The van der Waals surface area contributed by atoms with Crippen molar-refractivity contribution in [2.24, 2.45) is 35.5 Å². The molecule has 5 aliphatic carbocycles. The lowest BCUT2D eigenvalue weighted by Crippen LogP contribution is -2.34. The molecule has 16 heteroatoms. The highest BCUT2D eigenvalue weighted by Crippen LogP contribution is 2.51. The first-order valence-electron chi connectivity index (χ1n) is 20.2. The second-order valence-electron chi connectivity index (χ2n) is 16.2. The minimum absolute atomic E-state index is 0.000555. The molecule has 5 saturated carbocycles. The van der Waals surface area contributed by atoms with E-state index in [-0.39, 0.29) is 78.9 Å². The normalized spacial score (nSPS) is 26.4. The number of ether oxygens (including phenoxy) is 9. The van der Waals surface area contributed by atoms with Gasteiger partial charge in [0.25, 0.3) is 0 Å². The van der Waals surface area contributed by atoms with Crippen molar-refractivity contribution in [3.05, 3.63) is 36.5 Å². The number of methoxy groups -OCH3 is 1. The maximum absolute atomic E-state index is 12.0. The molecule has 0 aromatic heterocycles. The Bertz CT molecular complexity index is 1560. The first kappa shape index (κ1) is 48.8. The fourth-order valence-corrected chi connectivity index (χ4v) is 8.33. The summed E-state index contributed by atoms with van der Waals surface area (Å²) in [4.78, 5) is 80.9. The Morgan fingerprint density at radius 1 is 0.593 bits per heavy atom. The van der Waals surface area contributed by atoms with Gasteiger partial charge in [-0.1, -0.05) is 19.7 Å². The average Bonchev–Trinajstić information content (AvgIpc) is 4.04. The molecule has 0 N–H and O–H groups in total. The minimum Gasteiger partial charge on any atom is -0.459 e. The summed E-state index contributed by atoms with van der Waals surface area (Å²) in [6, 6.07) is 0. The van der Waals surface area contributed by atoms with Crippen LogP contribution >= 0.6 is 0 Å². The number of esters is 7. The van der Waals surface area contributed by atoms with Crippen LogP contribution in [0.15, 0.2) is 36.5 Å². The lowest BCUT2D eigenvalue weighted by molar-refractivity contribution is -0.171. The molecule has 330 valence electrons. The van der Waals surface area contributed by atoms with Gasteiger partial charge >= 0.3 is 41.8 Å². The van der Waals surface area contributed by atoms with E-state index in [1.54, 1.807) is 13.8 Å². The van der Waals surface area contributed by atoms with Crippen LogP contribution in [0, 0.1) is 35.5 Å². The summed E-state index contributed by atoms with van der Waals surface area (Å²) in [6.07, 6.45) is 8.56. The molecule has 5 rings (SSSR count). The third kappa shape index (κ3) is 15.2. The van der Waals surface area contributed by atoms with Gasteiger partial charge in [0, 0.05) is 42.3 Å². The Balaban J connectivity index is 0.000000237. The maximum atomic E-state index is 12.0. The van der Waals surface area contributed by atoms with Crippen LogP contribution in [0.25, 0.3) is 0 Å². The fraction of sp³-hybridized carbons (Fsp3) is 0.698. The molecule has 5 aliphatic rings. The van der Waals surface area contributed by atoms with Crippen molar-refractivity contribution in [3.8, 4) is 0 Å². The molecule has 8 unspecified atom stereocenters. The van der Waals surface area contributed by atoms with Crippen molar-refractivity contribution in [1.82, 2.24) is 0 Å². The lowest BCUT2D eigenvalue weighted by atomic mass is 9.86. The molecule has 0 aromatic rings. The predicted octanol–water partition coefficient (Wildman–Crippen LogP) is 5.25. The number of carbonyl (C=O) groups is 7. The van der Waals surface area contributed by atoms with E-state index < -0.39 is 36.7 Å². The van der Waals surface area contributed by atoms with Crippen LogP contribution in [-0.2, 0) is 76.2 Å². The molecule has 59 heavy (non-hydrogen) atoms. The van der Waals surface area contributed by atoms with Gasteiger partial charge in [0.1, 0.15) is 17.8 Å². The molecule has 16 nitrogen and oxygen atoms in total. The molecule has 4 bridgehead atoms. The molecule has 0 saturated heterocycles. The van der Waals surface area contributed by atoms with E-state index in [0.29, 0.717) is 29.6 Å². The minimum atomic E-state index is -0.798. The van der Waals surface area contributed by atoms with Crippen LogP contribution in [0.5, 0.6) is 0 Å². The van der Waals surface area contributed by atoms with Gasteiger partial charge in [-0.05, 0) is 111 Å². The van der Waals surface area contributed by atoms with Crippen LogP contribution in [0.3, 0.4) is 0 Å². The molecule has 8 atom stereocenters.